The Bertz CT molecular complexity index is 474. The van der Waals surface area contributed by atoms with E-state index < -0.39 is 10.2 Å². The molecule has 0 aromatic carbocycles. The minimum atomic E-state index is -3.39. The van der Waals surface area contributed by atoms with Gasteiger partial charge in [0.1, 0.15) is 0 Å². The van der Waals surface area contributed by atoms with Crippen LogP contribution in [0.1, 0.15) is 0 Å². The first-order valence-electron chi connectivity index (χ1n) is 7.09. The maximum absolute atomic E-state index is 12.5. The normalized spacial score (nSPS) is 28.3. The summed E-state index contributed by atoms with van der Waals surface area (Å²) in [6.07, 6.45) is 0. The van der Waals surface area contributed by atoms with Gasteiger partial charge in [0, 0.05) is 46.3 Å². The highest BCUT2D eigenvalue weighted by atomic mass is 32.2. The van der Waals surface area contributed by atoms with Gasteiger partial charge in [0.15, 0.2) is 0 Å². The SMILES string of the molecule is CNC1COCC1C(=O)N1CCN(S(=O)(=O)N(C)C)CC1. The highest BCUT2D eigenvalue weighted by Gasteiger charge is 2.38. The van der Waals surface area contributed by atoms with Crippen molar-refractivity contribution in [2.45, 2.75) is 6.04 Å². The summed E-state index contributed by atoms with van der Waals surface area (Å²) in [5.41, 5.74) is 0. The molecule has 2 unspecified atom stereocenters. The molecule has 8 nitrogen and oxygen atoms in total. The van der Waals surface area contributed by atoms with Gasteiger partial charge in [-0.2, -0.15) is 17.0 Å². The average Bonchev–Trinajstić information content (AvgIpc) is 2.94. The molecular formula is C12H24N4O4S. The number of nitrogens with one attached hydrogen (secondary N) is 1. The van der Waals surface area contributed by atoms with Crippen LogP contribution in [0, 0.1) is 5.92 Å². The number of hydrogen-bond donors (Lipinski definition) is 1. The summed E-state index contributed by atoms with van der Waals surface area (Å²) >= 11 is 0. The van der Waals surface area contributed by atoms with Crippen LogP contribution in [-0.2, 0) is 19.7 Å². The van der Waals surface area contributed by atoms with Gasteiger partial charge < -0.3 is 15.0 Å². The molecule has 2 aliphatic heterocycles. The lowest BCUT2D eigenvalue weighted by atomic mass is 10.0. The molecule has 2 fully saturated rings. The van der Waals surface area contributed by atoms with Crippen LogP contribution in [0.15, 0.2) is 0 Å². The van der Waals surface area contributed by atoms with E-state index in [1.54, 1.807) is 4.90 Å². The van der Waals surface area contributed by atoms with Crippen molar-refractivity contribution in [3.63, 3.8) is 0 Å². The molecule has 2 heterocycles. The summed E-state index contributed by atoms with van der Waals surface area (Å²) < 4.78 is 32.0. The number of rotatable bonds is 4. The van der Waals surface area contributed by atoms with E-state index in [2.05, 4.69) is 5.32 Å². The Balaban J connectivity index is 1.94. The van der Waals surface area contributed by atoms with E-state index in [-0.39, 0.29) is 17.9 Å². The number of hydrogen-bond acceptors (Lipinski definition) is 5. The highest BCUT2D eigenvalue weighted by molar-refractivity contribution is 7.86. The molecule has 0 aliphatic carbocycles. The average molecular weight is 320 g/mol. The van der Waals surface area contributed by atoms with Crippen LogP contribution in [0.5, 0.6) is 0 Å². The van der Waals surface area contributed by atoms with E-state index in [1.807, 2.05) is 7.05 Å². The smallest absolute Gasteiger partial charge is 0.281 e. The Morgan fingerprint density at radius 2 is 1.81 bits per heavy atom. The molecular weight excluding hydrogens is 296 g/mol. The largest absolute Gasteiger partial charge is 0.379 e. The van der Waals surface area contributed by atoms with Crippen molar-refractivity contribution in [3.8, 4) is 0 Å². The molecule has 0 aromatic heterocycles. The second kappa shape index (κ2) is 6.57. The van der Waals surface area contributed by atoms with Crippen molar-refractivity contribution in [2.24, 2.45) is 5.92 Å². The minimum absolute atomic E-state index is 0.0426. The number of piperazine rings is 1. The number of nitrogens with zero attached hydrogens (tertiary/aromatic N) is 3. The Hall–Kier alpha value is -0.740. The number of carbonyl (C=O) groups is 1. The third-order valence-electron chi connectivity index (χ3n) is 4.11. The molecule has 2 aliphatic rings. The third kappa shape index (κ3) is 3.37. The zero-order valence-corrected chi connectivity index (χ0v) is 13.6. The van der Waals surface area contributed by atoms with E-state index in [9.17, 15) is 13.2 Å². The van der Waals surface area contributed by atoms with Gasteiger partial charge in [-0.25, -0.2) is 0 Å². The lowest BCUT2D eigenvalue weighted by Gasteiger charge is -2.36. The molecule has 0 radical (unpaired) electrons. The minimum Gasteiger partial charge on any atom is -0.379 e. The zero-order chi connectivity index (χ0) is 15.6. The second-order valence-corrected chi connectivity index (χ2v) is 7.70. The fourth-order valence-corrected chi connectivity index (χ4v) is 3.77. The molecule has 2 atom stereocenters. The molecule has 1 N–H and O–H groups in total. The molecule has 2 saturated heterocycles. The van der Waals surface area contributed by atoms with E-state index in [1.165, 1.54) is 22.7 Å². The molecule has 0 aromatic rings. The van der Waals surface area contributed by atoms with E-state index >= 15 is 0 Å². The van der Waals surface area contributed by atoms with Crippen molar-refractivity contribution in [2.75, 3.05) is 60.5 Å². The van der Waals surface area contributed by atoms with E-state index in [0.29, 0.717) is 39.4 Å². The first-order valence-corrected chi connectivity index (χ1v) is 8.49. The van der Waals surface area contributed by atoms with Crippen LogP contribution in [0.25, 0.3) is 0 Å². The maximum Gasteiger partial charge on any atom is 0.281 e. The second-order valence-electron chi connectivity index (χ2n) is 5.55. The van der Waals surface area contributed by atoms with E-state index in [0.717, 1.165) is 0 Å². The molecule has 122 valence electrons. The molecule has 21 heavy (non-hydrogen) atoms. The summed E-state index contributed by atoms with van der Waals surface area (Å²) in [6.45, 7) is 2.51. The molecule has 0 spiro atoms. The first-order chi connectivity index (χ1) is 9.87. The fourth-order valence-electron chi connectivity index (χ4n) is 2.69. The first kappa shape index (κ1) is 16.6. The monoisotopic (exact) mass is 320 g/mol. The van der Waals surface area contributed by atoms with Crippen molar-refractivity contribution in [3.05, 3.63) is 0 Å². The third-order valence-corrected chi connectivity index (χ3v) is 6.05. The molecule has 2 rings (SSSR count). The van der Waals surface area contributed by atoms with Crippen LogP contribution < -0.4 is 5.32 Å². The summed E-state index contributed by atoms with van der Waals surface area (Å²) in [5.74, 6) is -0.124. The summed E-state index contributed by atoms with van der Waals surface area (Å²) in [6, 6.07) is 0.0426. The highest BCUT2D eigenvalue weighted by Crippen LogP contribution is 2.18. The Morgan fingerprint density at radius 1 is 1.19 bits per heavy atom. The van der Waals surface area contributed by atoms with Gasteiger partial charge in [-0.05, 0) is 7.05 Å². The van der Waals surface area contributed by atoms with E-state index in [4.69, 9.17) is 4.74 Å². The van der Waals surface area contributed by atoms with Gasteiger partial charge in [-0.15, -0.1) is 0 Å². The summed E-state index contributed by atoms with van der Waals surface area (Å²) in [4.78, 5) is 14.2. The van der Waals surface area contributed by atoms with Gasteiger partial charge in [0.2, 0.25) is 5.91 Å². The predicted octanol–water partition coefficient (Wildman–Crippen LogP) is -1.83. The zero-order valence-electron chi connectivity index (χ0n) is 12.8. The van der Waals surface area contributed by atoms with Crippen molar-refractivity contribution >= 4 is 16.1 Å². The Labute approximate surface area is 126 Å². The van der Waals surface area contributed by atoms with Gasteiger partial charge in [0.25, 0.3) is 10.2 Å². The van der Waals surface area contributed by atoms with Gasteiger partial charge in [-0.3, -0.25) is 4.79 Å². The van der Waals surface area contributed by atoms with Gasteiger partial charge in [0.05, 0.1) is 19.1 Å². The number of likely N-dealkylation sites (N-methyl/N-ethyl adjacent to an activating group) is 1. The van der Waals surface area contributed by atoms with Crippen molar-refractivity contribution in [1.82, 2.24) is 18.8 Å². The molecule has 1 amide bonds. The van der Waals surface area contributed by atoms with Crippen LogP contribution in [-0.4, -0.2) is 94.4 Å². The lowest BCUT2D eigenvalue weighted by Crippen LogP contribution is -2.55. The number of ether oxygens (including phenoxy) is 1. The predicted molar refractivity (Wildman–Crippen MR) is 77.9 cm³/mol. The van der Waals surface area contributed by atoms with Crippen molar-refractivity contribution in [1.29, 1.82) is 0 Å². The van der Waals surface area contributed by atoms with Crippen LogP contribution in [0.2, 0.25) is 0 Å². The van der Waals surface area contributed by atoms with Crippen LogP contribution in [0.4, 0.5) is 0 Å². The standard InChI is InChI=1S/C12H24N4O4S/c1-13-11-9-20-8-10(11)12(17)15-4-6-16(7-5-15)21(18,19)14(2)3/h10-11,13H,4-9H2,1-3H3. The Kier molecular flexibility index (Phi) is 5.20. The summed E-state index contributed by atoms with van der Waals surface area (Å²) in [7, 11) is 1.46. The summed E-state index contributed by atoms with van der Waals surface area (Å²) in [5, 5.41) is 3.10. The molecule has 0 bridgehead atoms. The Morgan fingerprint density at radius 3 is 2.33 bits per heavy atom. The van der Waals surface area contributed by atoms with Gasteiger partial charge in [-0.1, -0.05) is 0 Å². The molecule has 0 saturated carbocycles. The topological polar surface area (TPSA) is 82.2 Å². The van der Waals surface area contributed by atoms with Crippen LogP contribution in [0.3, 0.4) is 0 Å². The number of carbonyl (C=O) groups excluding carboxylic acids is 1. The maximum atomic E-state index is 12.5. The van der Waals surface area contributed by atoms with Gasteiger partial charge >= 0.3 is 0 Å². The number of amides is 1. The van der Waals surface area contributed by atoms with Crippen molar-refractivity contribution < 1.29 is 17.9 Å². The quantitative estimate of drug-likeness (QED) is 0.659. The fraction of sp³-hybridized carbons (Fsp3) is 0.917. The molecule has 9 heteroatoms. The lowest BCUT2D eigenvalue weighted by molar-refractivity contribution is -0.137. The van der Waals surface area contributed by atoms with Crippen LogP contribution >= 0.6 is 0 Å².